The van der Waals surface area contributed by atoms with E-state index in [2.05, 4.69) is 4.74 Å². The first kappa shape index (κ1) is 8.34. The summed E-state index contributed by atoms with van der Waals surface area (Å²) in [7, 11) is 1.21. The summed E-state index contributed by atoms with van der Waals surface area (Å²) in [5.74, 6) is -0.623. The van der Waals surface area contributed by atoms with Crippen molar-refractivity contribution in [2.24, 2.45) is 0 Å². The number of hydrogen-bond acceptors (Lipinski definition) is 1. The van der Waals surface area contributed by atoms with Crippen LogP contribution in [0.4, 0.5) is 0 Å². The van der Waals surface area contributed by atoms with Crippen LogP contribution in [-0.2, 0) is 4.74 Å². The van der Waals surface area contributed by atoms with Crippen LogP contribution in [0.2, 0.25) is 0 Å². The minimum Gasteiger partial charge on any atom is -0.772 e. The summed E-state index contributed by atoms with van der Waals surface area (Å²) >= 11 is 15.3. The molecule has 0 radical (unpaired) electrons. The molecule has 0 unspecified atom stereocenters. The van der Waals surface area contributed by atoms with Crippen molar-refractivity contribution in [1.82, 2.24) is 0 Å². The van der Waals surface area contributed by atoms with Gasteiger partial charge in [0, 0.05) is 5.90 Å². The highest BCUT2D eigenvalue weighted by Crippen LogP contribution is 2.27. The third-order valence-electron chi connectivity index (χ3n) is 0.436. The quantitative estimate of drug-likeness (QED) is 0.315. The van der Waals surface area contributed by atoms with Crippen molar-refractivity contribution < 1.29 is 4.74 Å². The molecule has 0 amide bonds. The van der Waals surface area contributed by atoms with Crippen molar-refractivity contribution in [1.29, 1.82) is 0 Å². The molecule has 0 rings (SSSR count). The maximum Gasteiger partial charge on any atom is 0.225 e. The highest BCUT2D eigenvalue weighted by molar-refractivity contribution is 6.76. The molecule has 0 saturated heterocycles. The van der Waals surface area contributed by atoms with E-state index in [1.165, 1.54) is 7.11 Å². The maximum absolute atomic E-state index is 8.49. The fourth-order valence-corrected chi connectivity index (χ4v) is 0.347. The summed E-state index contributed by atoms with van der Waals surface area (Å²) in [6.45, 7) is 0. The zero-order valence-corrected chi connectivity index (χ0v) is 6.26. The van der Waals surface area contributed by atoms with Gasteiger partial charge in [-0.15, -0.1) is 0 Å². The zero-order chi connectivity index (χ0) is 6.78. The van der Waals surface area contributed by atoms with E-state index >= 15 is 0 Å². The summed E-state index contributed by atoms with van der Waals surface area (Å²) in [6.07, 6.45) is 0. The molecular weight excluding hydrogens is 172 g/mol. The summed E-state index contributed by atoms with van der Waals surface area (Å²) in [5, 5.41) is 8.49. The molecule has 0 N–H and O–H groups in total. The van der Waals surface area contributed by atoms with Gasteiger partial charge in [0.2, 0.25) is 3.79 Å². The Bertz CT molecular complexity index is 97.2. The van der Waals surface area contributed by atoms with Crippen LogP contribution in [-0.4, -0.2) is 16.8 Å². The van der Waals surface area contributed by atoms with E-state index in [9.17, 15) is 0 Å². The van der Waals surface area contributed by atoms with Gasteiger partial charge in [-0.05, 0) is 0 Å². The SMILES string of the molecule is COC(=[N-])C(Cl)(Cl)Cl. The van der Waals surface area contributed by atoms with Gasteiger partial charge in [0.25, 0.3) is 0 Å². The largest absolute Gasteiger partial charge is 0.772 e. The zero-order valence-electron chi connectivity index (χ0n) is 3.99. The van der Waals surface area contributed by atoms with E-state index in [4.69, 9.17) is 40.2 Å². The molecular formula is C3H3Cl3NO-. The smallest absolute Gasteiger partial charge is 0.225 e. The lowest BCUT2D eigenvalue weighted by molar-refractivity contribution is 0.402. The van der Waals surface area contributed by atoms with Crippen LogP contribution in [0.5, 0.6) is 0 Å². The normalized spacial score (nSPS) is 11.0. The van der Waals surface area contributed by atoms with Gasteiger partial charge in [0.05, 0.1) is 7.11 Å². The van der Waals surface area contributed by atoms with Crippen molar-refractivity contribution >= 4 is 40.7 Å². The minimum absolute atomic E-state index is 0.623. The predicted molar refractivity (Wildman–Crippen MR) is 35.7 cm³/mol. The van der Waals surface area contributed by atoms with Gasteiger partial charge in [0.15, 0.2) is 0 Å². The summed E-state index contributed by atoms with van der Waals surface area (Å²) in [5.41, 5.74) is 0. The average Bonchev–Trinajstić information content (AvgIpc) is 1.62. The number of nitrogens with zero attached hydrogens (tertiary/aromatic N) is 1. The molecule has 48 valence electrons. The van der Waals surface area contributed by atoms with Gasteiger partial charge >= 0.3 is 0 Å². The van der Waals surface area contributed by atoms with Crippen LogP contribution >= 0.6 is 34.8 Å². The van der Waals surface area contributed by atoms with E-state index in [1.54, 1.807) is 0 Å². The van der Waals surface area contributed by atoms with Gasteiger partial charge in [-0.25, -0.2) is 0 Å². The van der Waals surface area contributed by atoms with Crippen LogP contribution < -0.4 is 0 Å². The fraction of sp³-hybridized carbons (Fsp3) is 0.667. The van der Waals surface area contributed by atoms with E-state index < -0.39 is 9.69 Å². The number of rotatable bonds is 0. The third kappa shape index (κ3) is 2.60. The van der Waals surface area contributed by atoms with Crippen LogP contribution in [0.1, 0.15) is 0 Å². The van der Waals surface area contributed by atoms with E-state index in [0.29, 0.717) is 0 Å². The Morgan fingerprint density at radius 2 is 1.88 bits per heavy atom. The summed E-state index contributed by atoms with van der Waals surface area (Å²) in [6, 6.07) is 0. The van der Waals surface area contributed by atoms with E-state index in [0.717, 1.165) is 0 Å². The highest BCUT2D eigenvalue weighted by Gasteiger charge is 2.19. The molecule has 0 fully saturated rings. The van der Waals surface area contributed by atoms with E-state index in [1.807, 2.05) is 0 Å². The summed E-state index contributed by atoms with van der Waals surface area (Å²) in [4.78, 5) is 0. The van der Waals surface area contributed by atoms with Crippen molar-refractivity contribution in [2.45, 2.75) is 3.79 Å². The molecule has 0 spiro atoms. The second-order valence-electron chi connectivity index (χ2n) is 1.01. The van der Waals surface area contributed by atoms with Crippen LogP contribution in [0, 0.1) is 0 Å². The van der Waals surface area contributed by atoms with Gasteiger partial charge in [-0.3, -0.25) is 0 Å². The fourth-order valence-electron chi connectivity index (χ4n) is 0.116. The number of halogens is 3. The van der Waals surface area contributed by atoms with Gasteiger partial charge in [-0.1, -0.05) is 34.8 Å². The first-order valence-electron chi connectivity index (χ1n) is 1.65. The molecule has 0 aromatic carbocycles. The molecule has 2 nitrogen and oxygen atoms in total. The second-order valence-corrected chi connectivity index (χ2v) is 3.29. The first-order valence-corrected chi connectivity index (χ1v) is 2.79. The van der Waals surface area contributed by atoms with Crippen molar-refractivity contribution in [3.63, 3.8) is 0 Å². The molecule has 0 atom stereocenters. The molecule has 0 aliphatic rings. The molecule has 0 aromatic heterocycles. The van der Waals surface area contributed by atoms with Crippen LogP contribution in [0.15, 0.2) is 0 Å². The van der Waals surface area contributed by atoms with Crippen LogP contribution in [0.25, 0.3) is 5.41 Å². The Morgan fingerprint density at radius 3 is 1.88 bits per heavy atom. The Kier molecular flexibility index (Phi) is 2.88. The molecule has 0 aromatic rings. The topological polar surface area (TPSA) is 31.5 Å². The molecule has 0 aliphatic heterocycles. The lowest BCUT2D eigenvalue weighted by Crippen LogP contribution is -2.18. The standard InChI is InChI=1S/C3H3Cl3NO/c1-8-2(7)3(4,5)6/h1H3/q-1. The molecule has 0 bridgehead atoms. The van der Waals surface area contributed by atoms with Crippen LogP contribution in [0.3, 0.4) is 0 Å². The van der Waals surface area contributed by atoms with Gasteiger partial charge < -0.3 is 10.1 Å². The third-order valence-corrected chi connectivity index (χ3v) is 0.921. The Balaban J connectivity index is 3.82. The van der Waals surface area contributed by atoms with Crippen molar-refractivity contribution in [3.05, 3.63) is 5.41 Å². The lowest BCUT2D eigenvalue weighted by Gasteiger charge is -2.18. The average molecular weight is 175 g/mol. The Morgan fingerprint density at radius 1 is 1.50 bits per heavy atom. The molecule has 0 heterocycles. The Hall–Kier alpha value is 0.340. The maximum atomic E-state index is 8.49. The number of ether oxygens (including phenoxy) is 1. The summed E-state index contributed by atoms with van der Waals surface area (Å²) < 4.78 is 2.37. The molecule has 5 heteroatoms. The second kappa shape index (κ2) is 2.76. The first-order chi connectivity index (χ1) is 3.48. The highest BCUT2D eigenvalue weighted by atomic mass is 35.6. The molecule has 8 heavy (non-hydrogen) atoms. The number of methoxy groups -OCH3 is 1. The van der Waals surface area contributed by atoms with Crippen molar-refractivity contribution in [2.75, 3.05) is 7.11 Å². The van der Waals surface area contributed by atoms with Gasteiger partial charge in [-0.2, -0.15) is 0 Å². The number of alkyl halides is 3. The lowest BCUT2D eigenvalue weighted by atomic mass is 10.8. The Labute approximate surface area is 62.2 Å². The molecule has 0 aliphatic carbocycles. The minimum atomic E-state index is -1.82. The van der Waals surface area contributed by atoms with E-state index in [-0.39, 0.29) is 0 Å². The molecule has 0 saturated carbocycles. The van der Waals surface area contributed by atoms with Gasteiger partial charge in [0.1, 0.15) is 0 Å². The van der Waals surface area contributed by atoms with Crippen molar-refractivity contribution in [3.8, 4) is 0 Å². The monoisotopic (exact) mass is 174 g/mol. The predicted octanol–water partition coefficient (Wildman–Crippen LogP) is 1.97. The number of hydrogen-bond donors (Lipinski definition) is 0.